The monoisotopic (exact) mass is 235 g/mol. The van der Waals surface area contributed by atoms with Crippen LogP contribution in [0.3, 0.4) is 0 Å². The third-order valence-corrected chi connectivity index (χ3v) is 4.85. The molecule has 3 heteroatoms. The van der Waals surface area contributed by atoms with Crippen LogP contribution in [0.4, 0.5) is 0 Å². The van der Waals surface area contributed by atoms with E-state index in [1.165, 1.54) is 6.42 Å². The lowest BCUT2D eigenvalue weighted by Gasteiger charge is -2.34. The molecule has 3 rings (SSSR count). The molecule has 3 nitrogen and oxygen atoms in total. The van der Waals surface area contributed by atoms with Crippen LogP contribution >= 0.6 is 0 Å². The van der Waals surface area contributed by atoms with Crippen LogP contribution in [0, 0.1) is 11.8 Å². The Morgan fingerprint density at radius 1 is 1.06 bits per heavy atom. The summed E-state index contributed by atoms with van der Waals surface area (Å²) in [6.45, 7) is 0.893. The zero-order valence-electron chi connectivity index (χ0n) is 10.4. The van der Waals surface area contributed by atoms with Gasteiger partial charge in [-0.25, -0.2) is 0 Å². The summed E-state index contributed by atoms with van der Waals surface area (Å²) in [5.74, 6) is 1.20. The fourth-order valence-corrected chi connectivity index (χ4v) is 3.62. The van der Waals surface area contributed by atoms with Crippen molar-refractivity contribution in [2.75, 3.05) is 6.54 Å². The van der Waals surface area contributed by atoms with Gasteiger partial charge in [0.1, 0.15) is 5.78 Å². The molecule has 0 radical (unpaired) electrons. The fourth-order valence-electron chi connectivity index (χ4n) is 3.62. The number of carbonyl (C=O) groups excluding carboxylic acids is 2. The lowest BCUT2D eigenvalue weighted by molar-refractivity contribution is -0.140. The summed E-state index contributed by atoms with van der Waals surface area (Å²) < 4.78 is 0. The number of carbonyl (C=O) groups is 2. The molecular weight excluding hydrogens is 214 g/mol. The molecule has 3 fully saturated rings. The highest BCUT2D eigenvalue weighted by Crippen LogP contribution is 2.36. The quantitative estimate of drug-likeness (QED) is 0.735. The van der Waals surface area contributed by atoms with Crippen LogP contribution in [0.1, 0.15) is 51.4 Å². The molecule has 2 aliphatic carbocycles. The number of likely N-dealkylation sites (tertiary alicyclic amines) is 1. The number of hydrogen-bond acceptors (Lipinski definition) is 2. The first-order valence-corrected chi connectivity index (χ1v) is 7.10. The first kappa shape index (κ1) is 11.2. The SMILES string of the molecule is O=C1CCCC1C1CCCN1C(=O)C1CCC1. The van der Waals surface area contributed by atoms with Crippen LogP contribution in [-0.4, -0.2) is 29.2 Å². The molecule has 1 amide bonds. The van der Waals surface area contributed by atoms with Crippen molar-refractivity contribution >= 4 is 11.7 Å². The van der Waals surface area contributed by atoms with Crippen LogP contribution in [-0.2, 0) is 9.59 Å². The van der Waals surface area contributed by atoms with E-state index in [0.717, 1.165) is 51.5 Å². The molecule has 2 unspecified atom stereocenters. The van der Waals surface area contributed by atoms with Gasteiger partial charge in [-0.1, -0.05) is 6.42 Å². The van der Waals surface area contributed by atoms with Gasteiger partial charge < -0.3 is 4.90 Å². The molecule has 17 heavy (non-hydrogen) atoms. The Kier molecular flexibility index (Phi) is 2.93. The van der Waals surface area contributed by atoms with Gasteiger partial charge in [0.15, 0.2) is 0 Å². The van der Waals surface area contributed by atoms with Crippen molar-refractivity contribution < 1.29 is 9.59 Å². The van der Waals surface area contributed by atoms with Crippen molar-refractivity contribution in [3.63, 3.8) is 0 Å². The Morgan fingerprint density at radius 2 is 1.88 bits per heavy atom. The zero-order chi connectivity index (χ0) is 11.8. The van der Waals surface area contributed by atoms with Gasteiger partial charge in [-0.05, 0) is 38.5 Å². The minimum atomic E-state index is 0.168. The Balaban J connectivity index is 1.70. The van der Waals surface area contributed by atoms with Crippen molar-refractivity contribution in [2.24, 2.45) is 11.8 Å². The Labute approximate surface area is 103 Å². The number of nitrogens with zero attached hydrogens (tertiary/aromatic N) is 1. The predicted molar refractivity (Wildman–Crippen MR) is 64.4 cm³/mol. The molecule has 3 aliphatic rings. The normalized spacial score (nSPS) is 34.1. The average molecular weight is 235 g/mol. The van der Waals surface area contributed by atoms with Crippen molar-refractivity contribution in [2.45, 2.75) is 57.4 Å². The van der Waals surface area contributed by atoms with Gasteiger partial charge in [0.05, 0.1) is 0 Å². The van der Waals surface area contributed by atoms with Crippen molar-refractivity contribution in [3.8, 4) is 0 Å². The maximum atomic E-state index is 12.3. The third-order valence-electron chi connectivity index (χ3n) is 4.85. The molecule has 0 spiro atoms. The van der Waals surface area contributed by atoms with Crippen LogP contribution in [0.5, 0.6) is 0 Å². The minimum Gasteiger partial charge on any atom is -0.339 e. The fraction of sp³-hybridized carbons (Fsp3) is 0.857. The van der Waals surface area contributed by atoms with Crippen LogP contribution in [0.2, 0.25) is 0 Å². The molecule has 0 aromatic rings. The topological polar surface area (TPSA) is 37.4 Å². The van der Waals surface area contributed by atoms with E-state index in [1.807, 2.05) is 0 Å². The summed E-state index contributed by atoms with van der Waals surface area (Å²) in [6, 6.07) is 0.248. The molecule has 0 aromatic heterocycles. The molecule has 1 heterocycles. The number of ketones is 1. The number of amides is 1. The summed E-state index contributed by atoms with van der Waals surface area (Å²) in [7, 11) is 0. The summed E-state index contributed by atoms with van der Waals surface area (Å²) in [6.07, 6.45) is 8.27. The minimum absolute atomic E-state index is 0.168. The number of rotatable bonds is 2. The molecule has 1 saturated heterocycles. The number of Topliss-reactive ketones (excluding diaryl/α,β-unsaturated/α-hetero) is 1. The molecule has 0 aromatic carbocycles. The van der Waals surface area contributed by atoms with E-state index in [0.29, 0.717) is 11.7 Å². The summed E-state index contributed by atoms with van der Waals surface area (Å²) in [5, 5.41) is 0. The molecule has 94 valence electrons. The maximum absolute atomic E-state index is 12.3. The van der Waals surface area contributed by atoms with E-state index in [-0.39, 0.29) is 17.9 Å². The molecule has 1 aliphatic heterocycles. The summed E-state index contributed by atoms with van der Waals surface area (Å²) in [4.78, 5) is 26.2. The highest BCUT2D eigenvalue weighted by molar-refractivity contribution is 5.85. The van der Waals surface area contributed by atoms with E-state index in [1.54, 1.807) is 0 Å². The first-order chi connectivity index (χ1) is 8.27. The van der Waals surface area contributed by atoms with Gasteiger partial charge in [0.25, 0.3) is 0 Å². The van der Waals surface area contributed by atoms with Gasteiger partial charge in [0.2, 0.25) is 5.91 Å². The van der Waals surface area contributed by atoms with Gasteiger partial charge in [-0.3, -0.25) is 9.59 Å². The van der Waals surface area contributed by atoms with Crippen LogP contribution in [0.25, 0.3) is 0 Å². The Hall–Kier alpha value is -0.860. The second-order valence-electron chi connectivity index (χ2n) is 5.83. The highest BCUT2D eigenvalue weighted by Gasteiger charge is 2.42. The lowest BCUT2D eigenvalue weighted by Crippen LogP contribution is -2.45. The smallest absolute Gasteiger partial charge is 0.225 e. The van der Waals surface area contributed by atoms with E-state index in [2.05, 4.69) is 4.90 Å². The molecule has 2 atom stereocenters. The van der Waals surface area contributed by atoms with Crippen LogP contribution < -0.4 is 0 Å². The van der Waals surface area contributed by atoms with Gasteiger partial charge in [0, 0.05) is 30.8 Å². The molecule has 2 saturated carbocycles. The van der Waals surface area contributed by atoms with Gasteiger partial charge in [-0.2, -0.15) is 0 Å². The largest absolute Gasteiger partial charge is 0.339 e. The Bertz CT molecular complexity index is 335. The van der Waals surface area contributed by atoms with E-state index < -0.39 is 0 Å². The van der Waals surface area contributed by atoms with Gasteiger partial charge >= 0.3 is 0 Å². The number of hydrogen-bond donors (Lipinski definition) is 0. The van der Waals surface area contributed by atoms with Crippen molar-refractivity contribution in [1.29, 1.82) is 0 Å². The molecular formula is C14H21NO2. The Morgan fingerprint density at radius 3 is 2.47 bits per heavy atom. The summed E-state index contributed by atoms with van der Waals surface area (Å²) in [5.41, 5.74) is 0. The van der Waals surface area contributed by atoms with E-state index >= 15 is 0 Å². The average Bonchev–Trinajstić information content (AvgIpc) is 2.82. The highest BCUT2D eigenvalue weighted by atomic mass is 16.2. The lowest BCUT2D eigenvalue weighted by atomic mass is 9.83. The van der Waals surface area contributed by atoms with Crippen LogP contribution in [0.15, 0.2) is 0 Å². The molecule has 0 bridgehead atoms. The first-order valence-electron chi connectivity index (χ1n) is 7.10. The zero-order valence-corrected chi connectivity index (χ0v) is 10.4. The molecule has 0 N–H and O–H groups in total. The predicted octanol–water partition coefficient (Wildman–Crippen LogP) is 2.15. The van der Waals surface area contributed by atoms with Crippen molar-refractivity contribution in [3.05, 3.63) is 0 Å². The third kappa shape index (κ3) is 1.90. The second-order valence-corrected chi connectivity index (χ2v) is 5.83. The van der Waals surface area contributed by atoms with Crippen molar-refractivity contribution in [1.82, 2.24) is 4.90 Å². The van der Waals surface area contributed by atoms with Gasteiger partial charge in [-0.15, -0.1) is 0 Å². The second kappa shape index (κ2) is 4.43. The van der Waals surface area contributed by atoms with E-state index in [4.69, 9.17) is 0 Å². The van der Waals surface area contributed by atoms with E-state index in [9.17, 15) is 9.59 Å². The maximum Gasteiger partial charge on any atom is 0.225 e. The summed E-state index contributed by atoms with van der Waals surface area (Å²) >= 11 is 0. The standard InChI is InChI=1S/C14H21NO2/c16-13-8-2-6-11(13)12-7-3-9-15(12)14(17)10-4-1-5-10/h10-12H,1-9H2.